The van der Waals surface area contributed by atoms with Crippen molar-refractivity contribution in [2.75, 3.05) is 0 Å². The van der Waals surface area contributed by atoms with E-state index in [1.807, 2.05) is 60.7 Å². The van der Waals surface area contributed by atoms with Gasteiger partial charge >= 0.3 is 0 Å². The second-order valence-corrected chi connectivity index (χ2v) is 14.8. The summed E-state index contributed by atoms with van der Waals surface area (Å²) in [6, 6.07) is 61.5. The third-order valence-electron chi connectivity index (χ3n) is 11.4. The zero-order chi connectivity index (χ0) is 37.9. The molecule has 0 saturated carbocycles. The number of rotatable bonds is 6. The van der Waals surface area contributed by atoms with Crippen LogP contribution in [0.3, 0.4) is 0 Å². The first-order valence-electron chi connectivity index (χ1n) is 19.5. The van der Waals surface area contributed by atoms with Gasteiger partial charge in [0.05, 0.1) is 16.6 Å². The maximum atomic E-state index is 7.12. The number of hydrogen-bond acceptors (Lipinski definition) is 4. The van der Waals surface area contributed by atoms with Gasteiger partial charge in [-0.15, -0.1) is 0 Å². The molecule has 5 nitrogen and oxygen atoms in total. The van der Waals surface area contributed by atoms with Crippen molar-refractivity contribution in [3.8, 4) is 51.0 Å². The second kappa shape index (κ2) is 13.4. The van der Waals surface area contributed by atoms with E-state index in [9.17, 15) is 0 Å². The number of para-hydroxylation sites is 3. The summed E-state index contributed by atoms with van der Waals surface area (Å²) in [5.74, 6) is 2.96. The van der Waals surface area contributed by atoms with Crippen LogP contribution in [0.2, 0.25) is 0 Å². The van der Waals surface area contributed by atoms with E-state index >= 15 is 0 Å². The van der Waals surface area contributed by atoms with Crippen LogP contribution in [0.25, 0.3) is 89.8 Å². The van der Waals surface area contributed by atoms with Crippen LogP contribution in [-0.4, -0.2) is 19.5 Å². The number of aromatic nitrogens is 4. The number of benzene rings is 7. The highest BCUT2D eigenvalue weighted by molar-refractivity contribution is 6.10. The van der Waals surface area contributed by atoms with E-state index in [0.717, 1.165) is 44.7 Å². The number of hydrogen-bond donors (Lipinski definition) is 0. The average Bonchev–Trinajstić information content (AvgIpc) is 3.83. The lowest BCUT2D eigenvalue weighted by molar-refractivity contribution is 0.470. The molecule has 57 heavy (non-hydrogen) atoms. The molecule has 0 spiro atoms. The van der Waals surface area contributed by atoms with Gasteiger partial charge in [-0.25, -0.2) is 15.0 Å². The molecule has 0 bridgehead atoms. The van der Waals surface area contributed by atoms with E-state index in [-0.39, 0.29) is 11.8 Å². The molecule has 0 N–H and O–H groups in total. The van der Waals surface area contributed by atoms with Crippen LogP contribution in [0.1, 0.15) is 29.7 Å². The fourth-order valence-electron chi connectivity index (χ4n) is 8.71. The lowest BCUT2D eigenvalue weighted by Gasteiger charge is -2.26. The maximum Gasteiger partial charge on any atom is 0.167 e. The van der Waals surface area contributed by atoms with Crippen LogP contribution in [-0.2, 0) is 0 Å². The monoisotopic (exact) mass is 732 g/mol. The van der Waals surface area contributed by atoms with Gasteiger partial charge in [-0.1, -0.05) is 159 Å². The van der Waals surface area contributed by atoms with Crippen molar-refractivity contribution in [3.63, 3.8) is 0 Å². The Kier molecular flexibility index (Phi) is 7.78. The zero-order valence-electron chi connectivity index (χ0n) is 31.2. The molecule has 7 aromatic carbocycles. The molecule has 1 aliphatic rings. The molecular weight excluding hydrogens is 697 g/mol. The molecule has 0 saturated heterocycles. The summed E-state index contributed by atoms with van der Waals surface area (Å²) in [5.41, 5.74) is 11.7. The number of fused-ring (bicyclic) bond motifs is 6. The third-order valence-corrected chi connectivity index (χ3v) is 11.4. The predicted molar refractivity (Wildman–Crippen MR) is 232 cm³/mol. The van der Waals surface area contributed by atoms with Gasteiger partial charge in [0.15, 0.2) is 17.5 Å². The van der Waals surface area contributed by atoms with Gasteiger partial charge < -0.3 is 8.98 Å². The summed E-state index contributed by atoms with van der Waals surface area (Å²) in [7, 11) is 0. The smallest absolute Gasteiger partial charge is 0.167 e. The molecule has 5 heteroatoms. The molecular formula is C52H36N4O. The minimum Gasteiger partial charge on any atom is -0.459 e. The number of nitrogens with zero attached hydrogens (tertiary/aromatic N) is 4. The Bertz CT molecular complexity index is 3090. The van der Waals surface area contributed by atoms with Crippen molar-refractivity contribution < 1.29 is 4.42 Å². The molecule has 11 rings (SSSR count). The van der Waals surface area contributed by atoms with Crippen molar-refractivity contribution in [1.29, 1.82) is 0 Å². The molecule has 0 aliphatic heterocycles. The highest BCUT2D eigenvalue weighted by Crippen LogP contribution is 2.48. The van der Waals surface area contributed by atoms with Crippen molar-refractivity contribution in [1.82, 2.24) is 19.5 Å². The van der Waals surface area contributed by atoms with E-state index in [4.69, 9.17) is 19.4 Å². The molecule has 3 heterocycles. The Morgan fingerprint density at radius 3 is 1.84 bits per heavy atom. The summed E-state index contributed by atoms with van der Waals surface area (Å²) in [5, 5.41) is 3.52. The summed E-state index contributed by atoms with van der Waals surface area (Å²) in [6.07, 6.45) is 4.56. The largest absolute Gasteiger partial charge is 0.459 e. The minimum absolute atomic E-state index is 0.0130. The Morgan fingerprint density at radius 2 is 1.09 bits per heavy atom. The van der Waals surface area contributed by atoms with Crippen LogP contribution in [0, 0.1) is 5.92 Å². The number of allylic oxidation sites excluding steroid dienone is 1. The van der Waals surface area contributed by atoms with Crippen molar-refractivity contribution in [3.05, 3.63) is 199 Å². The SMILES string of the molecule is CC1C=Cc2c(oc3c(-c4nc(-c5ccccc5)nc(-c5ccccc5)n4)cccc23)C1c1ccccc1-c1ccc2c(c1)c1ccccc1n2-c1ccccc1. The molecule has 3 aromatic heterocycles. The molecule has 10 aromatic rings. The Balaban J connectivity index is 1.06. The summed E-state index contributed by atoms with van der Waals surface area (Å²) < 4.78 is 9.49. The molecule has 270 valence electrons. The van der Waals surface area contributed by atoms with E-state index < -0.39 is 0 Å². The topological polar surface area (TPSA) is 56.7 Å². The highest BCUT2D eigenvalue weighted by Gasteiger charge is 2.33. The first kappa shape index (κ1) is 33.0. The van der Waals surface area contributed by atoms with Crippen LogP contribution in [0.4, 0.5) is 0 Å². The van der Waals surface area contributed by atoms with Gasteiger partial charge in [0.2, 0.25) is 0 Å². The fourth-order valence-corrected chi connectivity index (χ4v) is 8.71. The molecule has 2 atom stereocenters. The molecule has 2 unspecified atom stereocenters. The standard InChI is InChI=1S/C52H36N4O/c1-33-28-30-42-41-25-15-26-43(52-54-50(34-16-5-2-6-17-34)53-51(55-52)35-18-7-3-8-19-35)48(41)57-49(42)47(33)40-24-12-11-22-38(40)36-29-31-46-44(32-36)39-23-13-14-27-45(39)56(46)37-20-9-4-10-21-37/h2-33,47H,1H3. The summed E-state index contributed by atoms with van der Waals surface area (Å²) in [6.45, 7) is 2.29. The Labute approximate surface area is 330 Å². The van der Waals surface area contributed by atoms with Gasteiger partial charge in [-0.2, -0.15) is 0 Å². The first-order chi connectivity index (χ1) is 28.2. The molecule has 0 fully saturated rings. The van der Waals surface area contributed by atoms with Crippen LogP contribution >= 0.6 is 0 Å². The van der Waals surface area contributed by atoms with Crippen LogP contribution in [0.15, 0.2) is 186 Å². The number of furan rings is 1. The van der Waals surface area contributed by atoms with Crippen molar-refractivity contribution >= 4 is 38.9 Å². The van der Waals surface area contributed by atoms with Gasteiger partial charge in [0, 0.05) is 44.5 Å². The Hall–Kier alpha value is -7.37. The second-order valence-electron chi connectivity index (χ2n) is 14.8. The fraction of sp³-hybridized carbons (Fsp3) is 0.0577. The molecule has 0 amide bonds. The van der Waals surface area contributed by atoms with E-state index in [0.29, 0.717) is 17.5 Å². The van der Waals surface area contributed by atoms with Crippen molar-refractivity contribution in [2.24, 2.45) is 5.92 Å². The minimum atomic E-state index is -0.0130. The molecule has 0 radical (unpaired) electrons. The highest BCUT2D eigenvalue weighted by atomic mass is 16.3. The quantitative estimate of drug-likeness (QED) is 0.171. The average molecular weight is 733 g/mol. The van der Waals surface area contributed by atoms with E-state index in [1.54, 1.807) is 0 Å². The zero-order valence-corrected chi connectivity index (χ0v) is 31.2. The summed E-state index contributed by atoms with van der Waals surface area (Å²) in [4.78, 5) is 15.1. The van der Waals surface area contributed by atoms with Crippen LogP contribution in [0.5, 0.6) is 0 Å². The third kappa shape index (κ3) is 5.50. The van der Waals surface area contributed by atoms with Crippen molar-refractivity contribution in [2.45, 2.75) is 12.8 Å². The van der Waals surface area contributed by atoms with Gasteiger partial charge in [-0.05, 0) is 59.0 Å². The van der Waals surface area contributed by atoms with Gasteiger partial charge in [0.25, 0.3) is 0 Å². The Morgan fingerprint density at radius 1 is 0.491 bits per heavy atom. The first-order valence-corrected chi connectivity index (χ1v) is 19.5. The van der Waals surface area contributed by atoms with Crippen LogP contribution < -0.4 is 0 Å². The lowest BCUT2D eigenvalue weighted by atomic mass is 9.77. The summed E-state index contributed by atoms with van der Waals surface area (Å²) >= 11 is 0. The van der Waals surface area contributed by atoms with Gasteiger partial charge in [0.1, 0.15) is 11.3 Å². The van der Waals surface area contributed by atoms with E-state index in [1.165, 1.54) is 38.5 Å². The normalized spacial score (nSPS) is 15.0. The lowest BCUT2D eigenvalue weighted by Crippen LogP contribution is -2.14. The predicted octanol–water partition coefficient (Wildman–Crippen LogP) is 13.2. The maximum absolute atomic E-state index is 7.12. The van der Waals surface area contributed by atoms with Gasteiger partial charge in [-0.3, -0.25) is 0 Å². The van der Waals surface area contributed by atoms with E-state index in [2.05, 4.69) is 139 Å². The molecule has 1 aliphatic carbocycles.